The van der Waals surface area contributed by atoms with E-state index in [-0.39, 0.29) is 0 Å². The molecule has 0 saturated heterocycles. The summed E-state index contributed by atoms with van der Waals surface area (Å²) in [6.07, 6.45) is 5.73. The van der Waals surface area contributed by atoms with Crippen LogP contribution in [0.1, 0.15) is 31.2 Å². The molecule has 0 radical (unpaired) electrons. The van der Waals surface area contributed by atoms with Crippen molar-refractivity contribution in [1.82, 2.24) is 9.78 Å². The molecule has 3 N–H and O–H groups in total. The van der Waals surface area contributed by atoms with Crippen molar-refractivity contribution in [3.63, 3.8) is 0 Å². The Hall–Kier alpha value is -1.03. The van der Waals surface area contributed by atoms with Crippen molar-refractivity contribution in [3.8, 4) is 0 Å². The standard InChI is InChI=1S/C10H17N3O/c1-8-7-13(12-9(8)11)6-5-10(14)3-2-4-10/h7,14H,2-6H2,1H3,(H2,11,12). The maximum atomic E-state index is 9.88. The van der Waals surface area contributed by atoms with E-state index in [4.69, 9.17) is 5.73 Å². The van der Waals surface area contributed by atoms with Crippen LogP contribution in [0, 0.1) is 6.92 Å². The fourth-order valence-electron chi connectivity index (χ4n) is 1.81. The van der Waals surface area contributed by atoms with E-state index in [1.807, 2.05) is 17.8 Å². The van der Waals surface area contributed by atoms with E-state index in [2.05, 4.69) is 5.10 Å². The van der Waals surface area contributed by atoms with E-state index in [1.54, 1.807) is 0 Å². The van der Waals surface area contributed by atoms with Crippen LogP contribution in [-0.4, -0.2) is 20.5 Å². The van der Waals surface area contributed by atoms with Gasteiger partial charge in [0.25, 0.3) is 0 Å². The topological polar surface area (TPSA) is 64.1 Å². The van der Waals surface area contributed by atoms with Crippen molar-refractivity contribution in [2.45, 2.75) is 44.8 Å². The molecule has 0 atom stereocenters. The van der Waals surface area contributed by atoms with Crippen LogP contribution in [0.15, 0.2) is 6.20 Å². The molecule has 1 aliphatic carbocycles. The smallest absolute Gasteiger partial charge is 0.148 e. The molecule has 0 spiro atoms. The summed E-state index contributed by atoms with van der Waals surface area (Å²) in [6.45, 7) is 2.70. The summed E-state index contributed by atoms with van der Waals surface area (Å²) in [6, 6.07) is 0. The third-order valence-electron chi connectivity index (χ3n) is 3.07. The zero-order chi connectivity index (χ0) is 10.2. The largest absolute Gasteiger partial charge is 0.390 e. The van der Waals surface area contributed by atoms with Crippen molar-refractivity contribution >= 4 is 5.82 Å². The van der Waals surface area contributed by atoms with Gasteiger partial charge in [-0.3, -0.25) is 4.68 Å². The first-order valence-electron chi connectivity index (χ1n) is 5.11. The minimum atomic E-state index is -0.422. The first-order chi connectivity index (χ1) is 6.59. The molecule has 1 aromatic rings. The molecule has 0 bridgehead atoms. The van der Waals surface area contributed by atoms with E-state index in [0.717, 1.165) is 37.8 Å². The number of aryl methyl sites for hydroxylation is 2. The van der Waals surface area contributed by atoms with Crippen LogP contribution in [0.4, 0.5) is 5.82 Å². The van der Waals surface area contributed by atoms with Crippen molar-refractivity contribution in [2.75, 3.05) is 5.73 Å². The number of anilines is 1. The van der Waals surface area contributed by atoms with Gasteiger partial charge in [0.2, 0.25) is 0 Å². The Bertz CT molecular complexity index is 309. The van der Waals surface area contributed by atoms with Crippen LogP contribution in [-0.2, 0) is 6.54 Å². The SMILES string of the molecule is Cc1cn(CCC2(O)CCC2)nc1N. The number of rotatable bonds is 3. The minimum absolute atomic E-state index is 0.422. The highest BCUT2D eigenvalue weighted by atomic mass is 16.3. The van der Waals surface area contributed by atoms with E-state index in [1.165, 1.54) is 0 Å². The van der Waals surface area contributed by atoms with Crippen molar-refractivity contribution in [1.29, 1.82) is 0 Å². The molecule has 2 rings (SSSR count). The van der Waals surface area contributed by atoms with Gasteiger partial charge >= 0.3 is 0 Å². The molecule has 14 heavy (non-hydrogen) atoms. The van der Waals surface area contributed by atoms with Crippen molar-refractivity contribution < 1.29 is 5.11 Å². The van der Waals surface area contributed by atoms with Crippen molar-refractivity contribution in [3.05, 3.63) is 11.8 Å². The molecular formula is C10H17N3O. The van der Waals surface area contributed by atoms with Gasteiger partial charge in [0.15, 0.2) is 0 Å². The second-order valence-electron chi connectivity index (χ2n) is 4.29. The van der Waals surface area contributed by atoms with Gasteiger partial charge in [-0.05, 0) is 32.6 Å². The third kappa shape index (κ3) is 1.75. The predicted molar refractivity (Wildman–Crippen MR) is 54.8 cm³/mol. The average molecular weight is 195 g/mol. The van der Waals surface area contributed by atoms with Gasteiger partial charge in [-0.25, -0.2) is 0 Å². The number of aliphatic hydroxyl groups is 1. The number of aromatic nitrogens is 2. The predicted octanol–water partition coefficient (Wildman–Crippen LogP) is 1.08. The second kappa shape index (κ2) is 3.28. The zero-order valence-corrected chi connectivity index (χ0v) is 8.53. The Morgan fingerprint density at radius 1 is 1.64 bits per heavy atom. The lowest BCUT2D eigenvalue weighted by Gasteiger charge is -2.36. The van der Waals surface area contributed by atoms with Gasteiger partial charge in [-0.15, -0.1) is 0 Å². The minimum Gasteiger partial charge on any atom is -0.390 e. The molecule has 1 aromatic heterocycles. The Morgan fingerprint density at radius 3 is 2.79 bits per heavy atom. The van der Waals surface area contributed by atoms with E-state index in [9.17, 15) is 5.11 Å². The molecule has 1 heterocycles. The van der Waals surface area contributed by atoms with Crippen LogP contribution < -0.4 is 5.73 Å². The van der Waals surface area contributed by atoms with E-state index >= 15 is 0 Å². The van der Waals surface area contributed by atoms with Gasteiger partial charge in [0, 0.05) is 18.3 Å². The molecule has 0 unspecified atom stereocenters. The highest BCUT2D eigenvalue weighted by Gasteiger charge is 2.33. The quantitative estimate of drug-likeness (QED) is 0.758. The molecular weight excluding hydrogens is 178 g/mol. The fraction of sp³-hybridized carbons (Fsp3) is 0.700. The Morgan fingerprint density at radius 2 is 2.36 bits per heavy atom. The van der Waals surface area contributed by atoms with Gasteiger partial charge < -0.3 is 10.8 Å². The maximum absolute atomic E-state index is 9.88. The first kappa shape index (κ1) is 9.52. The van der Waals surface area contributed by atoms with Crippen LogP contribution in [0.3, 0.4) is 0 Å². The average Bonchev–Trinajstić information content (AvgIpc) is 2.40. The van der Waals surface area contributed by atoms with Gasteiger partial charge in [0.1, 0.15) is 5.82 Å². The Balaban J connectivity index is 1.91. The molecule has 4 heteroatoms. The van der Waals surface area contributed by atoms with Gasteiger partial charge in [-0.2, -0.15) is 5.10 Å². The first-order valence-corrected chi connectivity index (χ1v) is 5.11. The number of hydrogen-bond acceptors (Lipinski definition) is 3. The van der Waals surface area contributed by atoms with Gasteiger partial charge in [0.05, 0.1) is 5.60 Å². The summed E-state index contributed by atoms with van der Waals surface area (Å²) in [5.41, 5.74) is 6.22. The molecule has 78 valence electrons. The lowest BCUT2D eigenvalue weighted by molar-refractivity contribution is -0.0438. The summed E-state index contributed by atoms with van der Waals surface area (Å²) in [7, 11) is 0. The highest BCUT2D eigenvalue weighted by Crippen LogP contribution is 2.34. The molecule has 0 aliphatic heterocycles. The molecule has 0 amide bonds. The molecule has 4 nitrogen and oxygen atoms in total. The fourth-order valence-corrected chi connectivity index (χ4v) is 1.81. The third-order valence-corrected chi connectivity index (χ3v) is 3.07. The molecule has 1 aliphatic rings. The van der Waals surface area contributed by atoms with E-state index in [0.29, 0.717) is 5.82 Å². The number of nitrogens with zero attached hydrogens (tertiary/aromatic N) is 2. The number of hydrogen-bond donors (Lipinski definition) is 2. The number of nitrogen functional groups attached to an aromatic ring is 1. The van der Waals surface area contributed by atoms with E-state index < -0.39 is 5.60 Å². The normalized spacial score (nSPS) is 19.3. The van der Waals surface area contributed by atoms with Gasteiger partial charge in [-0.1, -0.05) is 0 Å². The summed E-state index contributed by atoms with van der Waals surface area (Å²) < 4.78 is 1.82. The second-order valence-corrected chi connectivity index (χ2v) is 4.29. The Labute approximate surface area is 83.7 Å². The zero-order valence-electron chi connectivity index (χ0n) is 8.53. The highest BCUT2D eigenvalue weighted by molar-refractivity contribution is 5.35. The summed E-state index contributed by atoms with van der Waals surface area (Å²) >= 11 is 0. The summed E-state index contributed by atoms with van der Waals surface area (Å²) in [5.74, 6) is 0.589. The molecule has 1 fully saturated rings. The monoisotopic (exact) mass is 195 g/mol. The number of nitrogens with two attached hydrogens (primary N) is 1. The lowest BCUT2D eigenvalue weighted by Crippen LogP contribution is -2.37. The maximum Gasteiger partial charge on any atom is 0.148 e. The van der Waals surface area contributed by atoms with Crippen molar-refractivity contribution in [2.24, 2.45) is 0 Å². The van der Waals surface area contributed by atoms with Crippen LogP contribution in [0.2, 0.25) is 0 Å². The summed E-state index contributed by atoms with van der Waals surface area (Å²) in [5, 5.41) is 14.0. The summed E-state index contributed by atoms with van der Waals surface area (Å²) in [4.78, 5) is 0. The van der Waals surface area contributed by atoms with Crippen LogP contribution in [0.25, 0.3) is 0 Å². The van der Waals surface area contributed by atoms with Crippen LogP contribution in [0.5, 0.6) is 0 Å². The lowest BCUT2D eigenvalue weighted by atomic mass is 9.78. The Kier molecular flexibility index (Phi) is 2.23. The molecule has 1 saturated carbocycles. The molecule has 0 aromatic carbocycles. The van der Waals surface area contributed by atoms with Crippen LogP contribution >= 0.6 is 0 Å².